The molecule has 0 saturated heterocycles. The first kappa shape index (κ1) is 13.0. The van der Waals surface area contributed by atoms with Gasteiger partial charge in [0.2, 0.25) is 0 Å². The van der Waals surface area contributed by atoms with Gasteiger partial charge in [-0.15, -0.1) is 0 Å². The maximum Gasteiger partial charge on any atom is 0.158 e. The minimum atomic E-state index is -3.22. The van der Waals surface area contributed by atoms with Crippen LogP contribution in [0.15, 0.2) is 0 Å². The van der Waals surface area contributed by atoms with E-state index in [1.165, 1.54) is 6.26 Å². The number of H-pyrrole nitrogens is 1. The van der Waals surface area contributed by atoms with E-state index in [1.54, 1.807) is 13.8 Å². The molecule has 0 spiro atoms. The maximum atomic E-state index is 11.7. The second kappa shape index (κ2) is 3.76. The lowest BCUT2D eigenvalue weighted by Crippen LogP contribution is -2.30. The molecule has 0 aliphatic carbocycles. The first-order chi connectivity index (χ1) is 7.09. The SMILES string of the molecule is CC(C)c1c(N)n[nH]c1C(C)(C)S(C)(=O)=O. The van der Waals surface area contributed by atoms with Gasteiger partial charge in [-0.25, -0.2) is 8.42 Å². The highest BCUT2D eigenvalue weighted by atomic mass is 32.2. The van der Waals surface area contributed by atoms with E-state index in [2.05, 4.69) is 10.2 Å². The highest BCUT2D eigenvalue weighted by Crippen LogP contribution is 2.35. The molecule has 0 atom stereocenters. The second-order valence-electron chi connectivity index (χ2n) is 4.83. The summed E-state index contributed by atoms with van der Waals surface area (Å²) in [6, 6.07) is 0. The van der Waals surface area contributed by atoms with Crippen LogP contribution < -0.4 is 5.73 Å². The highest BCUT2D eigenvalue weighted by Gasteiger charge is 2.37. The Kier molecular flexibility index (Phi) is 3.06. The van der Waals surface area contributed by atoms with Crippen molar-refractivity contribution in [2.75, 3.05) is 12.0 Å². The van der Waals surface area contributed by atoms with Crippen LogP contribution >= 0.6 is 0 Å². The van der Waals surface area contributed by atoms with E-state index in [9.17, 15) is 8.42 Å². The summed E-state index contributed by atoms with van der Waals surface area (Å²) in [5.41, 5.74) is 7.12. The molecular formula is C10H19N3O2S. The number of aromatic nitrogens is 2. The van der Waals surface area contributed by atoms with Crippen LogP contribution in [-0.4, -0.2) is 24.9 Å². The van der Waals surface area contributed by atoms with Crippen molar-refractivity contribution in [3.05, 3.63) is 11.3 Å². The van der Waals surface area contributed by atoms with Gasteiger partial charge in [-0.3, -0.25) is 5.10 Å². The monoisotopic (exact) mass is 245 g/mol. The first-order valence-electron chi connectivity index (χ1n) is 5.12. The number of anilines is 1. The van der Waals surface area contributed by atoms with Gasteiger partial charge in [-0.05, 0) is 19.8 Å². The fourth-order valence-electron chi connectivity index (χ4n) is 1.59. The number of nitrogen functional groups attached to an aromatic ring is 1. The molecule has 0 aliphatic rings. The Labute approximate surface area is 96.3 Å². The quantitative estimate of drug-likeness (QED) is 0.842. The third kappa shape index (κ3) is 1.93. The van der Waals surface area contributed by atoms with Crippen molar-refractivity contribution in [1.82, 2.24) is 10.2 Å². The first-order valence-corrected chi connectivity index (χ1v) is 7.02. The summed E-state index contributed by atoms with van der Waals surface area (Å²) in [5, 5.41) is 6.65. The molecule has 0 fully saturated rings. The maximum absolute atomic E-state index is 11.7. The highest BCUT2D eigenvalue weighted by molar-refractivity contribution is 7.91. The third-order valence-electron chi connectivity index (χ3n) is 2.94. The summed E-state index contributed by atoms with van der Waals surface area (Å²) in [5.74, 6) is 0.511. The molecule has 1 aromatic heterocycles. The minimum absolute atomic E-state index is 0.134. The molecule has 6 heteroatoms. The molecule has 5 nitrogen and oxygen atoms in total. The van der Waals surface area contributed by atoms with Gasteiger partial charge in [-0.1, -0.05) is 13.8 Å². The Balaban J connectivity index is 3.46. The van der Waals surface area contributed by atoms with Crippen LogP contribution in [0.3, 0.4) is 0 Å². The van der Waals surface area contributed by atoms with Crippen molar-refractivity contribution >= 4 is 15.7 Å². The molecule has 0 unspecified atom stereocenters. The van der Waals surface area contributed by atoms with E-state index in [4.69, 9.17) is 5.73 Å². The summed E-state index contributed by atoms with van der Waals surface area (Å²) in [4.78, 5) is 0. The van der Waals surface area contributed by atoms with E-state index < -0.39 is 14.6 Å². The van der Waals surface area contributed by atoms with Gasteiger partial charge >= 0.3 is 0 Å². The van der Waals surface area contributed by atoms with E-state index in [0.29, 0.717) is 11.5 Å². The second-order valence-corrected chi connectivity index (χ2v) is 7.40. The van der Waals surface area contributed by atoms with Gasteiger partial charge in [-0.2, -0.15) is 5.10 Å². The number of hydrogen-bond donors (Lipinski definition) is 2. The Morgan fingerprint density at radius 1 is 1.38 bits per heavy atom. The summed E-state index contributed by atoms with van der Waals surface area (Å²) < 4.78 is 22.5. The fraction of sp³-hybridized carbons (Fsp3) is 0.700. The van der Waals surface area contributed by atoms with Gasteiger partial charge in [0, 0.05) is 11.8 Å². The Morgan fingerprint density at radius 2 is 1.88 bits per heavy atom. The molecule has 0 aliphatic heterocycles. The zero-order valence-corrected chi connectivity index (χ0v) is 11.1. The fourth-order valence-corrected chi connectivity index (χ4v) is 2.12. The lowest BCUT2D eigenvalue weighted by molar-refractivity contribution is 0.553. The van der Waals surface area contributed by atoms with Crippen LogP contribution in [-0.2, 0) is 14.6 Å². The molecule has 1 rings (SSSR count). The molecule has 92 valence electrons. The number of nitrogens with one attached hydrogen (secondary N) is 1. The van der Waals surface area contributed by atoms with Crippen molar-refractivity contribution in [2.24, 2.45) is 0 Å². The number of nitrogens with zero attached hydrogens (tertiary/aromatic N) is 1. The van der Waals surface area contributed by atoms with Gasteiger partial charge in [0.25, 0.3) is 0 Å². The molecule has 0 amide bonds. The average molecular weight is 245 g/mol. The lowest BCUT2D eigenvalue weighted by Gasteiger charge is -2.23. The van der Waals surface area contributed by atoms with Gasteiger partial charge in [0.05, 0.1) is 5.69 Å². The number of rotatable bonds is 3. The van der Waals surface area contributed by atoms with Gasteiger partial charge in [0.15, 0.2) is 9.84 Å². The molecule has 1 aromatic rings. The summed E-state index contributed by atoms with van der Waals surface area (Å²) in [6.45, 7) is 7.23. The van der Waals surface area contributed by atoms with Gasteiger partial charge < -0.3 is 5.73 Å². The largest absolute Gasteiger partial charge is 0.382 e. The Morgan fingerprint density at radius 3 is 2.25 bits per heavy atom. The molecule has 0 radical (unpaired) electrons. The van der Waals surface area contributed by atoms with Crippen LogP contribution in [0.5, 0.6) is 0 Å². The average Bonchev–Trinajstić information content (AvgIpc) is 2.45. The zero-order chi connectivity index (χ0) is 12.7. The molecular weight excluding hydrogens is 226 g/mol. The van der Waals surface area contributed by atoms with E-state index >= 15 is 0 Å². The molecule has 0 aromatic carbocycles. The third-order valence-corrected chi connectivity index (χ3v) is 5.00. The van der Waals surface area contributed by atoms with Crippen molar-refractivity contribution in [3.8, 4) is 0 Å². The van der Waals surface area contributed by atoms with Crippen LogP contribution in [0, 0.1) is 0 Å². The predicted octanol–water partition coefficient (Wildman–Crippen LogP) is 1.40. The molecule has 16 heavy (non-hydrogen) atoms. The molecule has 1 heterocycles. The number of aromatic amines is 1. The van der Waals surface area contributed by atoms with Crippen LogP contribution in [0.2, 0.25) is 0 Å². The Hall–Kier alpha value is -1.04. The zero-order valence-electron chi connectivity index (χ0n) is 10.3. The molecule has 0 bridgehead atoms. The predicted molar refractivity (Wildman–Crippen MR) is 65.0 cm³/mol. The topological polar surface area (TPSA) is 88.8 Å². The van der Waals surface area contributed by atoms with Crippen molar-refractivity contribution in [3.63, 3.8) is 0 Å². The van der Waals surface area contributed by atoms with Crippen LogP contribution in [0.1, 0.15) is 44.9 Å². The summed E-state index contributed by atoms with van der Waals surface area (Å²) >= 11 is 0. The summed E-state index contributed by atoms with van der Waals surface area (Å²) in [7, 11) is -3.22. The standard InChI is InChI=1S/C10H19N3O2S/c1-6(2)7-8(12-13-9(7)11)10(3,4)16(5,14)15/h6H,1-5H3,(H3,11,12,13). The van der Waals surface area contributed by atoms with Crippen molar-refractivity contribution in [2.45, 2.75) is 38.4 Å². The minimum Gasteiger partial charge on any atom is -0.382 e. The van der Waals surface area contributed by atoms with Gasteiger partial charge in [0.1, 0.15) is 10.6 Å². The smallest absolute Gasteiger partial charge is 0.158 e. The number of hydrogen-bond acceptors (Lipinski definition) is 4. The Bertz CT molecular complexity index is 486. The van der Waals surface area contributed by atoms with Crippen molar-refractivity contribution in [1.29, 1.82) is 0 Å². The lowest BCUT2D eigenvalue weighted by atomic mass is 9.96. The number of nitrogens with two attached hydrogens (primary N) is 1. The molecule has 0 saturated carbocycles. The van der Waals surface area contributed by atoms with E-state index in [1.807, 2.05) is 13.8 Å². The summed E-state index contributed by atoms with van der Waals surface area (Å²) in [6.07, 6.45) is 1.22. The normalized spacial score (nSPS) is 13.4. The van der Waals surface area contributed by atoms with Crippen molar-refractivity contribution < 1.29 is 8.42 Å². The van der Waals surface area contributed by atoms with E-state index in [0.717, 1.165) is 5.56 Å². The van der Waals surface area contributed by atoms with Crippen LogP contribution in [0.4, 0.5) is 5.82 Å². The number of sulfone groups is 1. The van der Waals surface area contributed by atoms with E-state index in [-0.39, 0.29) is 5.92 Å². The molecule has 3 N–H and O–H groups in total. The van der Waals surface area contributed by atoms with Crippen LogP contribution in [0.25, 0.3) is 0 Å².